The summed E-state index contributed by atoms with van der Waals surface area (Å²) >= 11 is 0. The van der Waals surface area contributed by atoms with Crippen molar-refractivity contribution in [2.24, 2.45) is 5.92 Å². The van der Waals surface area contributed by atoms with Crippen molar-refractivity contribution < 1.29 is 5.11 Å². The first-order valence-corrected chi connectivity index (χ1v) is 9.30. The van der Waals surface area contributed by atoms with E-state index in [0.717, 1.165) is 44.1 Å². The van der Waals surface area contributed by atoms with E-state index >= 15 is 0 Å². The van der Waals surface area contributed by atoms with Crippen molar-refractivity contribution in [1.29, 1.82) is 0 Å². The zero-order chi connectivity index (χ0) is 16.2. The molecule has 1 aliphatic heterocycles. The van der Waals surface area contributed by atoms with Gasteiger partial charge >= 0.3 is 0 Å². The molecule has 2 heterocycles. The highest BCUT2D eigenvalue weighted by Gasteiger charge is 2.21. The largest absolute Gasteiger partial charge is 0.503 e. The van der Waals surface area contributed by atoms with Crippen LogP contribution in [0.2, 0.25) is 0 Å². The first-order chi connectivity index (χ1) is 11.1. The molecule has 0 radical (unpaired) electrons. The van der Waals surface area contributed by atoms with E-state index in [-0.39, 0.29) is 11.2 Å². The highest BCUT2D eigenvalue weighted by atomic mass is 16.3. The van der Waals surface area contributed by atoms with Crippen LogP contribution < -0.4 is 5.43 Å². The van der Waals surface area contributed by atoms with Crippen LogP contribution in [0.5, 0.6) is 5.75 Å². The van der Waals surface area contributed by atoms with Crippen molar-refractivity contribution in [2.75, 3.05) is 13.1 Å². The maximum Gasteiger partial charge on any atom is 0.223 e. The van der Waals surface area contributed by atoms with Crippen LogP contribution in [0.4, 0.5) is 0 Å². The highest BCUT2D eigenvalue weighted by molar-refractivity contribution is 5.21. The Morgan fingerprint density at radius 2 is 1.74 bits per heavy atom. The fourth-order valence-electron chi connectivity index (χ4n) is 4.03. The van der Waals surface area contributed by atoms with Gasteiger partial charge in [-0.05, 0) is 44.7 Å². The van der Waals surface area contributed by atoms with Crippen molar-refractivity contribution in [3.8, 4) is 5.75 Å². The molecule has 128 valence electrons. The molecule has 0 spiro atoms. The molecule has 0 atom stereocenters. The van der Waals surface area contributed by atoms with E-state index in [1.807, 2.05) is 0 Å². The zero-order valence-corrected chi connectivity index (χ0v) is 14.3. The molecule has 23 heavy (non-hydrogen) atoms. The van der Waals surface area contributed by atoms with Gasteiger partial charge in [0.05, 0.1) is 6.20 Å². The molecule has 0 unspecified atom stereocenters. The Morgan fingerprint density at radius 1 is 1.09 bits per heavy atom. The number of piperidine rings is 1. The van der Waals surface area contributed by atoms with E-state index in [1.54, 1.807) is 12.3 Å². The Morgan fingerprint density at radius 3 is 2.39 bits per heavy atom. The van der Waals surface area contributed by atoms with E-state index in [0.29, 0.717) is 6.04 Å². The number of aromatic hydroxyl groups is 1. The van der Waals surface area contributed by atoms with Crippen LogP contribution in [0, 0.1) is 5.92 Å². The van der Waals surface area contributed by atoms with Crippen LogP contribution in [0.1, 0.15) is 70.0 Å². The fourth-order valence-corrected chi connectivity index (χ4v) is 4.03. The summed E-state index contributed by atoms with van der Waals surface area (Å²) < 4.78 is 2.21. The second kappa shape index (κ2) is 7.52. The van der Waals surface area contributed by atoms with Gasteiger partial charge in [-0.3, -0.25) is 9.69 Å². The molecule has 1 aromatic heterocycles. The minimum Gasteiger partial charge on any atom is -0.503 e. The van der Waals surface area contributed by atoms with Crippen LogP contribution in [0.3, 0.4) is 0 Å². The fraction of sp³-hybridized carbons (Fsp3) is 0.737. The summed E-state index contributed by atoms with van der Waals surface area (Å²) in [5.74, 6) is 0.709. The van der Waals surface area contributed by atoms with E-state index in [4.69, 9.17) is 0 Å². The third-order valence-electron chi connectivity index (χ3n) is 5.62. The number of hydrogen-bond donors (Lipinski definition) is 1. The average Bonchev–Trinajstić information content (AvgIpc) is 2.82. The zero-order valence-electron chi connectivity index (χ0n) is 14.3. The van der Waals surface area contributed by atoms with Gasteiger partial charge in [0.1, 0.15) is 0 Å². The molecule has 3 rings (SSSR count). The van der Waals surface area contributed by atoms with Gasteiger partial charge in [-0.15, -0.1) is 0 Å². The Labute approximate surface area is 139 Å². The normalized spacial score (nSPS) is 22.1. The van der Waals surface area contributed by atoms with Crippen LogP contribution >= 0.6 is 0 Å². The van der Waals surface area contributed by atoms with Gasteiger partial charge < -0.3 is 9.67 Å². The maximum absolute atomic E-state index is 12.0. The van der Waals surface area contributed by atoms with Gasteiger partial charge in [-0.1, -0.05) is 32.6 Å². The number of aromatic nitrogens is 1. The smallest absolute Gasteiger partial charge is 0.223 e. The molecule has 1 aliphatic carbocycles. The summed E-state index contributed by atoms with van der Waals surface area (Å²) in [6.07, 6.45) is 11.6. The quantitative estimate of drug-likeness (QED) is 0.865. The first kappa shape index (κ1) is 16.6. The van der Waals surface area contributed by atoms with Gasteiger partial charge in [0.15, 0.2) is 5.75 Å². The summed E-state index contributed by atoms with van der Waals surface area (Å²) in [7, 11) is 0. The summed E-state index contributed by atoms with van der Waals surface area (Å²) in [6, 6.07) is 2.10. The predicted octanol–water partition coefficient (Wildman–Crippen LogP) is 3.68. The second-order valence-corrected chi connectivity index (χ2v) is 7.53. The molecule has 1 saturated heterocycles. The van der Waals surface area contributed by atoms with E-state index < -0.39 is 0 Å². The molecule has 0 aromatic carbocycles. The summed E-state index contributed by atoms with van der Waals surface area (Å²) in [5, 5.41) is 9.92. The summed E-state index contributed by atoms with van der Waals surface area (Å²) in [5.41, 5.74) is 0.838. The number of pyridine rings is 1. The standard InChI is InChI=1S/C19H30N2O2/c1-15-8-10-20(11-9-15)13-17-12-18(22)19(23)14-21(17)16-6-4-2-3-5-7-16/h12,14-16,23H,2-11,13H2,1H3. The summed E-state index contributed by atoms with van der Waals surface area (Å²) in [6.45, 7) is 5.37. The van der Waals surface area contributed by atoms with Crippen molar-refractivity contribution in [3.63, 3.8) is 0 Å². The monoisotopic (exact) mass is 318 g/mol. The molecule has 1 N–H and O–H groups in total. The molecular weight excluding hydrogens is 288 g/mol. The number of hydrogen-bond acceptors (Lipinski definition) is 3. The third kappa shape index (κ3) is 4.17. The van der Waals surface area contributed by atoms with Crippen molar-refractivity contribution >= 4 is 0 Å². The number of likely N-dealkylation sites (tertiary alicyclic amines) is 1. The highest BCUT2D eigenvalue weighted by Crippen LogP contribution is 2.29. The lowest BCUT2D eigenvalue weighted by Crippen LogP contribution is -2.34. The molecule has 1 aromatic rings. The van der Waals surface area contributed by atoms with Gasteiger partial charge in [0.2, 0.25) is 5.43 Å². The minimum absolute atomic E-state index is 0.106. The average molecular weight is 318 g/mol. The molecule has 4 heteroatoms. The van der Waals surface area contributed by atoms with Crippen molar-refractivity contribution in [3.05, 3.63) is 28.2 Å². The van der Waals surface area contributed by atoms with Gasteiger partial charge in [0, 0.05) is 24.3 Å². The molecule has 0 bridgehead atoms. The van der Waals surface area contributed by atoms with Crippen LogP contribution in [-0.4, -0.2) is 27.7 Å². The number of rotatable bonds is 3. The van der Waals surface area contributed by atoms with Crippen LogP contribution in [0.15, 0.2) is 17.1 Å². The Bertz CT molecular complexity index is 565. The van der Waals surface area contributed by atoms with Gasteiger partial charge in [-0.2, -0.15) is 0 Å². The first-order valence-electron chi connectivity index (χ1n) is 9.30. The lowest BCUT2D eigenvalue weighted by Gasteiger charge is -2.32. The van der Waals surface area contributed by atoms with Gasteiger partial charge in [0.25, 0.3) is 0 Å². The molecule has 2 aliphatic rings. The van der Waals surface area contributed by atoms with Crippen LogP contribution in [0.25, 0.3) is 0 Å². The molecule has 2 fully saturated rings. The number of nitrogens with zero attached hydrogens (tertiary/aromatic N) is 2. The lowest BCUT2D eigenvalue weighted by atomic mass is 9.99. The molecule has 1 saturated carbocycles. The Kier molecular flexibility index (Phi) is 5.42. The third-order valence-corrected chi connectivity index (χ3v) is 5.62. The Balaban J connectivity index is 1.82. The second-order valence-electron chi connectivity index (χ2n) is 7.53. The topological polar surface area (TPSA) is 45.5 Å². The van der Waals surface area contributed by atoms with Crippen molar-refractivity contribution in [2.45, 2.75) is 70.9 Å². The molecule has 4 nitrogen and oxygen atoms in total. The Hall–Kier alpha value is -1.29. The lowest BCUT2D eigenvalue weighted by molar-refractivity contribution is 0.179. The van der Waals surface area contributed by atoms with E-state index in [1.165, 1.54) is 38.5 Å². The van der Waals surface area contributed by atoms with Gasteiger partial charge in [-0.25, -0.2) is 0 Å². The van der Waals surface area contributed by atoms with E-state index in [2.05, 4.69) is 16.4 Å². The molecule has 0 amide bonds. The maximum atomic E-state index is 12.0. The molecular formula is C19H30N2O2. The van der Waals surface area contributed by atoms with Crippen molar-refractivity contribution in [1.82, 2.24) is 9.47 Å². The minimum atomic E-state index is -0.241. The van der Waals surface area contributed by atoms with E-state index in [9.17, 15) is 9.90 Å². The predicted molar refractivity (Wildman–Crippen MR) is 92.8 cm³/mol. The summed E-state index contributed by atoms with van der Waals surface area (Å²) in [4.78, 5) is 14.4. The SMILES string of the molecule is CC1CCN(Cc2cc(=O)c(O)cn2C2CCCCCC2)CC1. The van der Waals surface area contributed by atoms with Crippen LogP contribution in [-0.2, 0) is 6.54 Å².